The summed E-state index contributed by atoms with van der Waals surface area (Å²) in [6.45, 7) is 2.84. The number of anilines is 3. The third-order valence-electron chi connectivity index (χ3n) is 4.34. The molecule has 0 unspecified atom stereocenters. The van der Waals surface area contributed by atoms with Gasteiger partial charge < -0.3 is 20.1 Å². The van der Waals surface area contributed by atoms with Crippen LogP contribution in [-0.2, 0) is 12.8 Å². The molecule has 0 bridgehead atoms. The zero-order valence-corrected chi connectivity index (χ0v) is 16.4. The second kappa shape index (κ2) is 9.55. The van der Waals surface area contributed by atoms with Gasteiger partial charge in [-0.05, 0) is 48.2 Å². The molecule has 146 valence electrons. The van der Waals surface area contributed by atoms with E-state index in [-0.39, 0.29) is 0 Å². The van der Waals surface area contributed by atoms with Crippen LogP contribution in [0.2, 0.25) is 0 Å². The van der Waals surface area contributed by atoms with E-state index in [1.165, 1.54) is 5.56 Å². The summed E-state index contributed by atoms with van der Waals surface area (Å²) in [7, 11) is 3.27. The number of aryl methyl sites for hydroxylation is 1. The third-order valence-corrected chi connectivity index (χ3v) is 4.34. The summed E-state index contributed by atoms with van der Waals surface area (Å²) >= 11 is 0. The Morgan fingerprint density at radius 3 is 2.39 bits per heavy atom. The number of nitrogens with one attached hydrogen (secondary N) is 2. The van der Waals surface area contributed by atoms with Crippen molar-refractivity contribution in [3.8, 4) is 11.5 Å². The quantitative estimate of drug-likeness (QED) is 0.584. The fraction of sp³-hybridized carbons (Fsp3) is 0.286. The maximum absolute atomic E-state index is 5.34. The maximum atomic E-state index is 5.34. The Labute approximate surface area is 165 Å². The van der Waals surface area contributed by atoms with Gasteiger partial charge in [-0.15, -0.1) is 5.10 Å². The number of hydrogen-bond donors (Lipinski definition) is 2. The van der Waals surface area contributed by atoms with Crippen LogP contribution in [0, 0.1) is 0 Å². The van der Waals surface area contributed by atoms with Crippen molar-refractivity contribution in [3.63, 3.8) is 0 Å². The van der Waals surface area contributed by atoms with Crippen molar-refractivity contribution >= 4 is 17.5 Å². The van der Waals surface area contributed by atoms with Crippen molar-refractivity contribution in [1.82, 2.24) is 15.2 Å². The summed E-state index contributed by atoms with van der Waals surface area (Å²) in [5.74, 6) is 2.58. The Morgan fingerprint density at radius 2 is 1.68 bits per heavy atom. The monoisotopic (exact) mass is 379 g/mol. The molecule has 7 nitrogen and oxygen atoms in total. The molecule has 1 aromatic heterocycles. The van der Waals surface area contributed by atoms with Crippen LogP contribution < -0.4 is 20.1 Å². The molecule has 0 aliphatic carbocycles. The average Bonchev–Trinajstić information content (AvgIpc) is 2.74. The molecular weight excluding hydrogens is 354 g/mol. The fourth-order valence-electron chi connectivity index (χ4n) is 2.77. The van der Waals surface area contributed by atoms with Crippen LogP contribution >= 0.6 is 0 Å². The minimum atomic E-state index is 0.459. The van der Waals surface area contributed by atoms with Crippen LogP contribution in [0.4, 0.5) is 17.5 Å². The predicted octanol–water partition coefficient (Wildman–Crippen LogP) is 3.85. The van der Waals surface area contributed by atoms with Gasteiger partial charge in [-0.25, -0.2) is 0 Å². The molecular formula is C21H25N5O2. The van der Waals surface area contributed by atoms with E-state index in [1.54, 1.807) is 20.4 Å². The highest BCUT2D eigenvalue weighted by molar-refractivity contribution is 5.54. The Hall–Kier alpha value is -3.35. The molecule has 1 heterocycles. The first-order chi connectivity index (χ1) is 13.7. The highest BCUT2D eigenvalue weighted by atomic mass is 16.5. The van der Waals surface area contributed by atoms with Gasteiger partial charge >= 0.3 is 0 Å². The van der Waals surface area contributed by atoms with Crippen molar-refractivity contribution in [1.29, 1.82) is 0 Å². The van der Waals surface area contributed by atoms with Gasteiger partial charge in [0.05, 0.1) is 20.4 Å². The van der Waals surface area contributed by atoms with Crippen molar-refractivity contribution in [2.75, 3.05) is 31.4 Å². The second-order valence-electron chi connectivity index (χ2n) is 6.21. The first kappa shape index (κ1) is 19.4. The van der Waals surface area contributed by atoms with Gasteiger partial charge in [0.15, 0.2) is 17.3 Å². The van der Waals surface area contributed by atoms with E-state index in [4.69, 9.17) is 9.47 Å². The molecule has 3 rings (SSSR count). The van der Waals surface area contributed by atoms with E-state index in [0.29, 0.717) is 18.3 Å². The lowest BCUT2D eigenvalue weighted by atomic mass is 10.1. The van der Waals surface area contributed by atoms with Crippen LogP contribution in [0.3, 0.4) is 0 Å². The summed E-state index contributed by atoms with van der Waals surface area (Å²) in [6.07, 6.45) is 3.43. The van der Waals surface area contributed by atoms with Gasteiger partial charge in [-0.3, -0.25) is 0 Å². The molecule has 0 saturated carbocycles. The highest BCUT2D eigenvalue weighted by Crippen LogP contribution is 2.27. The van der Waals surface area contributed by atoms with E-state index >= 15 is 0 Å². The smallest absolute Gasteiger partial charge is 0.249 e. The Bertz CT molecular complexity index is 900. The maximum Gasteiger partial charge on any atom is 0.249 e. The van der Waals surface area contributed by atoms with Gasteiger partial charge in [0.25, 0.3) is 0 Å². The van der Waals surface area contributed by atoms with Crippen LogP contribution in [0.1, 0.15) is 18.1 Å². The average molecular weight is 379 g/mol. The van der Waals surface area contributed by atoms with Gasteiger partial charge in [0.1, 0.15) is 0 Å². The molecule has 7 heteroatoms. The molecule has 2 aromatic carbocycles. The largest absolute Gasteiger partial charge is 0.493 e. The summed E-state index contributed by atoms with van der Waals surface area (Å²) in [6, 6.07) is 14.1. The fourth-order valence-corrected chi connectivity index (χ4v) is 2.77. The van der Waals surface area contributed by atoms with Gasteiger partial charge in [-0.2, -0.15) is 10.1 Å². The Morgan fingerprint density at radius 1 is 0.929 bits per heavy atom. The summed E-state index contributed by atoms with van der Waals surface area (Å²) in [5, 5.41) is 14.5. The predicted molar refractivity (Wildman–Crippen MR) is 111 cm³/mol. The van der Waals surface area contributed by atoms with Gasteiger partial charge in [-0.1, -0.05) is 25.1 Å². The van der Waals surface area contributed by atoms with Crippen molar-refractivity contribution in [2.24, 2.45) is 0 Å². The van der Waals surface area contributed by atoms with Crippen molar-refractivity contribution in [3.05, 3.63) is 59.8 Å². The second-order valence-corrected chi connectivity index (χ2v) is 6.21. The topological polar surface area (TPSA) is 81.2 Å². The van der Waals surface area contributed by atoms with Crippen LogP contribution in [-0.4, -0.2) is 35.9 Å². The lowest BCUT2D eigenvalue weighted by molar-refractivity contribution is 0.354. The molecule has 0 fully saturated rings. The number of rotatable bonds is 9. The van der Waals surface area contributed by atoms with E-state index in [1.807, 2.05) is 30.3 Å². The first-order valence-electron chi connectivity index (χ1n) is 9.22. The summed E-state index contributed by atoms with van der Waals surface area (Å²) in [4.78, 5) is 4.46. The third kappa shape index (κ3) is 5.09. The zero-order chi connectivity index (χ0) is 19.8. The lowest BCUT2D eigenvalue weighted by Gasteiger charge is -2.10. The summed E-state index contributed by atoms with van der Waals surface area (Å²) < 4.78 is 10.6. The van der Waals surface area contributed by atoms with Gasteiger partial charge in [0, 0.05) is 12.2 Å². The Kier molecular flexibility index (Phi) is 6.62. The number of benzene rings is 2. The van der Waals surface area contributed by atoms with Crippen LogP contribution in [0.5, 0.6) is 11.5 Å². The SMILES string of the molecule is CCc1ccc(Nc2nncc(NCCc3ccc(OC)c(OC)c3)n2)cc1. The normalized spacial score (nSPS) is 10.4. The Balaban J connectivity index is 1.57. The molecule has 2 N–H and O–H groups in total. The lowest BCUT2D eigenvalue weighted by Crippen LogP contribution is -2.09. The molecule has 0 saturated heterocycles. The van der Waals surface area contributed by atoms with Crippen molar-refractivity contribution < 1.29 is 9.47 Å². The molecule has 0 amide bonds. The number of hydrogen-bond acceptors (Lipinski definition) is 7. The van der Waals surface area contributed by atoms with E-state index in [9.17, 15) is 0 Å². The summed E-state index contributed by atoms with van der Waals surface area (Å²) in [5.41, 5.74) is 3.36. The molecule has 0 atom stereocenters. The van der Waals surface area contributed by atoms with Crippen LogP contribution in [0.15, 0.2) is 48.7 Å². The number of aromatic nitrogens is 3. The van der Waals surface area contributed by atoms with E-state index < -0.39 is 0 Å². The standard InChI is InChI=1S/C21H25N5O2/c1-4-15-5-8-17(9-6-15)24-21-25-20(14-23-26-21)22-12-11-16-7-10-18(27-2)19(13-16)28-3/h5-10,13-14H,4,11-12H2,1-3H3,(H2,22,24,25,26). The van der Waals surface area contributed by atoms with E-state index in [0.717, 1.165) is 35.6 Å². The van der Waals surface area contributed by atoms with Crippen LogP contribution in [0.25, 0.3) is 0 Å². The number of nitrogens with zero attached hydrogens (tertiary/aromatic N) is 3. The first-order valence-corrected chi connectivity index (χ1v) is 9.22. The van der Waals surface area contributed by atoms with E-state index in [2.05, 4.69) is 44.9 Å². The number of methoxy groups -OCH3 is 2. The molecule has 28 heavy (non-hydrogen) atoms. The molecule has 0 radical (unpaired) electrons. The molecule has 0 aliphatic heterocycles. The number of ether oxygens (including phenoxy) is 2. The molecule has 3 aromatic rings. The minimum Gasteiger partial charge on any atom is -0.493 e. The zero-order valence-electron chi connectivity index (χ0n) is 16.4. The molecule has 0 spiro atoms. The highest BCUT2D eigenvalue weighted by Gasteiger charge is 2.05. The van der Waals surface area contributed by atoms with Gasteiger partial charge in [0.2, 0.25) is 5.95 Å². The minimum absolute atomic E-state index is 0.459. The molecule has 0 aliphatic rings. The van der Waals surface area contributed by atoms with Crippen molar-refractivity contribution in [2.45, 2.75) is 19.8 Å².